The van der Waals surface area contributed by atoms with Crippen molar-refractivity contribution in [1.82, 2.24) is 0 Å². The van der Waals surface area contributed by atoms with Gasteiger partial charge in [0, 0.05) is 0 Å². The Morgan fingerprint density at radius 1 is 0.262 bits per heavy atom. The molecule has 250 valence electrons. The molecule has 0 nitrogen and oxygen atoms in total. The van der Waals surface area contributed by atoms with E-state index in [9.17, 15) is 0 Å². The first-order valence-corrected chi connectivity index (χ1v) is 20.8. The lowest BCUT2D eigenvalue weighted by atomic mass is 9.80. The zero-order valence-corrected chi connectivity index (χ0v) is 29.6. The molecule has 2 aliphatic rings. The number of hydrogen-bond acceptors (Lipinski definition) is 0. The van der Waals surface area contributed by atoms with E-state index in [1.54, 1.807) is 0 Å². The fourth-order valence-corrected chi connectivity index (χ4v) is 8.68. The van der Waals surface area contributed by atoms with E-state index in [1.165, 1.54) is 244 Å². The molecule has 0 radical (unpaired) electrons. The highest BCUT2D eigenvalue weighted by Gasteiger charge is 2.18. The van der Waals surface area contributed by atoms with Gasteiger partial charge in [-0.15, -0.1) is 0 Å². The lowest BCUT2D eigenvalue weighted by Gasteiger charge is -2.25. The van der Waals surface area contributed by atoms with E-state index < -0.39 is 0 Å². The SMILES string of the molecule is CC(CC1CCCCCCCCCCCCCCCCCC1)CC1CCCCCCCCCCCCCCCCCC1. The Bertz CT molecular complexity index is 436. The topological polar surface area (TPSA) is 0 Å². The first-order chi connectivity index (χ1) is 20.8. The van der Waals surface area contributed by atoms with Crippen LogP contribution in [0.2, 0.25) is 0 Å². The molecule has 2 saturated carbocycles. The van der Waals surface area contributed by atoms with Crippen molar-refractivity contribution in [3.8, 4) is 0 Å². The normalized spacial score (nSPS) is 24.4. The van der Waals surface area contributed by atoms with Crippen LogP contribution in [-0.2, 0) is 0 Å². The zero-order valence-electron chi connectivity index (χ0n) is 29.6. The molecule has 2 aliphatic carbocycles. The highest BCUT2D eigenvalue weighted by atomic mass is 14.2. The minimum atomic E-state index is 0.947. The Labute approximate surface area is 268 Å². The van der Waals surface area contributed by atoms with Crippen molar-refractivity contribution in [2.45, 2.75) is 251 Å². The van der Waals surface area contributed by atoms with Crippen LogP contribution in [0.15, 0.2) is 0 Å². The summed E-state index contributed by atoms with van der Waals surface area (Å²) in [4.78, 5) is 0. The zero-order chi connectivity index (χ0) is 29.6. The molecular formula is C42H82. The molecular weight excluding hydrogens is 504 g/mol. The van der Waals surface area contributed by atoms with Crippen molar-refractivity contribution < 1.29 is 0 Å². The van der Waals surface area contributed by atoms with E-state index >= 15 is 0 Å². The third-order valence-corrected chi connectivity index (χ3v) is 11.4. The summed E-state index contributed by atoms with van der Waals surface area (Å²) in [6, 6.07) is 0. The molecule has 0 spiro atoms. The summed E-state index contributed by atoms with van der Waals surface area (Å²) >= 11 is 0. The van der Waals surface area contributed by atoms with Crippen molar-refractivity contribution >= 4 is 0 Å². The average Bonchev–Trinajstić information content (AvgIpc) is 2.98. The van der Waals surface area contributed by atoms with Gasteiger partial charge >= 0.3 is 0 Å². The molecule has 42 heavy (non-hydrogen) atoms. The van der Waals surface area contributed by atoms with E-state index in [0.717, 1.165) is 17.8 Å². The van der Waals surface area contributed by atoms with Crippen LogP contribution in [0.1, 0.15) is 251 Å². The fourth-order valence-electron chi connectivity index (χ4n) is 8.68. The van der Waals surface area contributed by atoms with Gasteiger partial charge in [0.1, 0.15) is 0 Å². The molecule has 0 aromatic carbocycles. The number of rotatable bonds is 4. The van der Waals surface area contributed by atoms with Crippen molar-refractivity contribution in [2.24, 2.45) is 17.8 Å². The lowest BCUT2D eigenvalue weighted by molar-refractivity contribution is 0.268. The predicted octanol–water partition coefficient (Wildman–Crippen LogP) is 15.7. The Kier molecular flexibility index (Phi) is 27.0. The Balaban J connectivity index is 1.77. The molecule has 2 fully saturated rings. The van der Waals surface area contributed by atoms with Gasteiger partial charge < -0.3 is 0 Å². The Hall–Kier alpha value is 0. The Morgan fingerprint density at radius 2 is 0.405 bits per heavy atom. The smallest absolute Gasteiger partial charge is 0.0412 e. The summed E-state index contributed by atoms with van der Waals surface area (Å²) in [6.45, 7) is 2.66. The van der Waals surface area contributed by atoms with E-state index in [-0.39, 0.29) is 0 Å². The minimum Gasteiger partial charge on any atom is -0.0625 e. The van der Waals surface area contributed by atoms with Gasteiger partial charge in [-0.25, -0.2) is 0 Å². The fraction of sp³-hybridized carbons (Fsp3) is 1.00. The van der Waals surface area contributed by atoms with Gasteiger partial charge in [0.25, 0.3) is 0 Å². The summed E-state index contributed by atoms with van der Waals surface area (Å²) in [7, 11) is 0. The monoisotopic (exact) mass is 587 g/mol. The van der Waals surface area contributed by atoms with Gasteiger partial charge in [0.05, 0.1) is 0 Å². The largest absolute Gasteiger partial charge is 0.0625 e. The van der Waals surface area contributed by atoms with Gasteiger partial charge in [-0.05, 0) is 30.6 Å². The van der Waals surface area contributed by atoms with E-state index in [4.69, 9.17) is 0 Å². The van der Waals surface area contributed by atoms with Crippen LogP contribution < -0.4 is 0 Å². The van der Waals surface area contributed by atoms with E-state index in [1.807, 2.05) is 0 Å². The van der Waals surface area contributed by atoms with E-state index in [0.29, 0.717) is 0 Å². The molecule has 0 unspecified atom stereocenters. The average molecular weight is 587 g/mol. The van der Waals surface area contributed by atoms with Crippen molar-refractivity contribution in [1.29, 1.82) is 0 Å². The Morgan fingerprint density at radius 3 is 0.571 bits per heavy atom. The van der Waals surface area contributed by atoms with Crippen LogP contribution in [0.5, 0.6) is 0 Å². The molecule has 0 aromatic heterocycles. The highest BCUT2D eigenvalue weighted by molar-refractivity contribution is 4.70. The van der Waals surface area contributed by atoms with Crippen molar-refractivity contribution in [3.63, 3.8) is 0 Å². The first kappa shape index (κ1) is 38.2. The summed E-state index contributed by atoms with van der Waals surface area (Å²) in [6.07, 6.45) is 57.4. The molecule has 0 heteroatoms. The molecule has 2 rings (SSSR count). The second kappa shape index (κ2) is 29.7. The maximum atomic E-state index is 2.66. The van der Waals surface area contributed by atoms with Crippen LogP contribution in [0.3, 0.4) is 0 Å². The summed E-state index contributed by atoms with van der Waals surface area (Å²) in [5.74, 6) is 2.99. The molecule has 0 aliphatic heterocycles. The molecule has 0 aromatic rings. The van der Waals surface area contributed by atoms with E-state index in [2.05, 4.69) is 6.92 Å². The van der Waals surface area contributed by atoms with Gasteiger partial charge in [0.2, 0.25) is 0 Å². The van der Waals surface area contributed by atoms with Gasteiger partial charge in [-0.1, -0.05) is 238 Å². The maximum Gasteiger partial charge on any atom is -0.0412 e. The molecule has 0 atom stereocenters. The highest BCUT2D eigenvalue weighted by Crippen LogP contribution is 2.32. The lowest BCUT2D eigenvalue weighted by Crippen LogP contribution is -2.12. The summed E-state index contributed by atoms with van der Waals surface area (Å²) in [5.41, 5.74) is 0. The standard InChI is InChI=1S/C42H82/c1-40(38-41-34-30-26-22-18-14-10-6-2-3-7-11-15-19-23-27-31-35-41)39-42-36-32-28-24-20-16-12-8-4-5-9-13-17-21-25-29-33-37-42/h40-42H,2-39H2,1H3. The van der Waals surface area contributed by atoms with Crippen molar-refractivity contribution in [3.05, 3.63) is 0 Å². The van der Waals surface area contributed by atoms with Crippen LogP contribution in [0.4, 0.5) is 0 Å². The third kappa shape index (κ3) is 24.3. The van der Waals surface area contributed by atoms with Crippen LogP contribution >= 0.6 is 0 Å². The maximum absolute atomic E-state index is 2.66. The minimum absolute atomic E-state index is 0.947. The van der Waals surface area contributed by atoms with Gasteiger partial charge in [-0.3, -0.25) is 0 Å². The van der Waals surface area contributed by atoms with Crippen LogP contribution in [0.25, 0.3) is 0 Å². The second-order valence-electron chi connectivity index (χ2n) is 15.8. The molecule has 0 heterocycles. The summed E-state index contributed by atoms with van der Waals surface area (Å²) in [5, 5.41) is 0. The van der Waals surface area contributed by atoms with Gasteiger partial charge in [0.15, 0.2) is 0 Å². The predicted molar refractivity (Wildman–Crippen MR) is 192 cm³/mol. The van der Waals surface area contributed by atoms with Crippen LogP contribution in [-0.4, -0.2) is 0 Å². The summed E-state index contributed by atoms with van der Waals surface area (Å²) < 4.78 is 0. The quantitative estimate of drug-likeness (QED) is 0.307. The second-order valence-corrected chi connectivity index (χ2v) is 15.8. The molecule has 0 amide bonds. The number of hydrogen-bond donors (Lipinski definition) is 0. The molecule has 0 saturated heterocycles. The van der Waals surface area contributed by atoms with Gasteiger partial charge in [-0.2, -0.15) is 0 Å². The molecule has 0 bridgehead atoms. The molecule has 0 N–H and O–H groups in total. The van der Waals surface area contributed by atoms with Crippen LogP contribution in [0, 0.1) is 17.8 Å². The first-order valence-electron chi connectivity index (χ1n) is 20.8. The van der Waals surface area contributed by atoms with Crippen molar-refractivity contribution in [2.75, 3.05) is 0 Å². The third-order valence-electron chi connectivity index (χ3n) is 11.4.